The summed E-state index contributed by atoms with van der Waals surface area (Å²) in [7, 11) is 0. The van der Waals surface area contributed by atoms with Gasteiger partial charge in [-0.05, 0) is 0 Å². The molecule has 2 aliphatic rings. The summed E-state index contributed by atoms with van der Waals surface area (Å²) in [5.41, 5.74) is 0.740. The molecule has 6 N–H and O–H groups in total. The Kier molecular flexibility index (Phi) is 7.87. The van der Waals surface area contributed by atoms with E-state index in [1.165, 1.54) is 0 Å². The zero-order chi connectivity index (χ0) is 21.8. The molecular formula is C19H26O11. The van der Waals surface area contributed by atoms with Crippen LogP contribution in [0.4, 0.5) is 0 Å². The number of ether oxygens (including phenoxy) is 4. The molecule has 10 atom stereocenters. The van der Waals surface area contributed by atoms with Gasteiger partial charge in [-0.15, -0.1) is 0 Å². The number of carbonyl (C=O) groups excluding carboxylic acids is 1. The lowest BCUT2D eigenvalue weighted by Gasteiger charge is -2.46. The third-order valence-electron chi connectivity index (χ3n) is 5.07. The average Bonchev–Trinajstić information content (AvgIpc) is 2.79. The van der Waals surface area contributed by atoms with Gasteiger partial charge < -0.3 is 54.4 Å². The van der Waals surface area contributed by atoms with Gasteiger partial charge in [-0.25, -0.2) is 0 Å². The van der Waals surface area contributed by atoms with Crippen molar-refractivity contribution in [2.24, 2.45) is 0 Å². The number of carbonyl (C=O) groups is 1. The van der Waals surface area contributed by atoms with E-state index in [2.05, 4.69) is 0 Å². The molecule has 2 heterocycles. The maximum absolute atomic E-state index is 10.5. The van der Waals surface area contributed by atoms with Gasteiger partial charge in [0, 0.05) is 5.56 Å². The van der Waals surface area contributed by atoms with Gasteiger partial charge in [0.15, 0.2) is 18.9 Å². The van der Waals surface area contributed by atoms with E-state index in [1.807, 2.05) is 18.2 Å². The van der Waals surface area contributed by atoms with Crippen LogP contribution < -0.4 is 0 Å². The van der Waals surface area contributed by atoms with Crippen molar-refractivity contribution in [1.29, 1.82) is 0 Å². The van der Waals surface area contributed by atoms with Crippen molar-refractivity contribution in [1.82, 2.24) is 0 Å². The Morgan fingerprint density at radius 1 is 1.03 bits per heavy atom. The molecular weight excluding hydrogens is 404 g/mol. The van der Waals surface area contributed by atoms with Crippen LogP contribution in [0.2, 0.25) is 0 Å². The molecule has 0 spiro atoms. The molecule has 0 saturated carbocycles. The number of benzene rings is 1. The van der Waals surface area contributed by atoms with Gasteiger partial charge in [0.25, 0.3) is 0 Å². The highest BCUT2D eigenvalue weighted by Crippen LogP contribution is 2.34. The zero-order valence-electron chi connectivity index (χ0n) is 15.9. The maximum atomic E-state index is 10.5. The van der Waals surface area contributed by atoms with Crippen LogP contribution >= 0.6 is 0 Å². The van der Waals surface area contributed by atoms with Gasteiger partial charge >= 0.3 is 0 Å². The third kappa shape index (κ3) is 5.03. The van der Waals surface area contributed by atoms with E-state index >= 15 is 0 Å². The Morgan fingerprint density at radius 3 is 2.40 bits per heavy atom. The van der Waals surface area contributed by atoms with Crippen LogP contribution in [0.15, 0.2) is 30.3 Å². The molecule has 11 heteroatoms. The maximum Gasteiger partial charge on any atom is 0.186 e. The van der Waals surface area contributed by atoms with Crippen molar-refractivity contribution in [2.45, 2.75) is 61.4 Å². The van der Waals surface area contributed by atoms with Gasteiger partial charge in [-0.2, -0.15) is 0 Å². The standard InChI is InChI=1S/C19H26O11/c20-6-10(21)13(23)14(24)11(22)7-27-19-16(26)15(25)17-12(29-19)8-28-18(30-17)9-4-2-1-3-5-9/h1-6,10-19,21-26H,7-8H2/t10-,11+,12+,13+,14+,15+,16+,17+,18+,19-/m0/s1. The van der Waals surface area contributed by atoms with Gasteiger partial charge in [0.1, 0.15) is 48.8 Å². The molecule has 2 saturated heterocycles. The molecule has 2 fully saturated rings. The fourth-order valence-electron chi connectivity index (χ4n) is 3.30. The fraction of sp³-hybridized carbons (Fsp3) is 0.632. The molecule has 1 aromatic carbocycles. The predicted molar refractivity (Wildman–Crippen MR) is 96.7 cm³/mol. The lowest BCUT2D eigenvalue weighted by Crippen LogP contribution is -2.62. The minimum Gasteiger partial charge on any atom is -0.388 e. The number of aliphatic hydroxyl groups excluding tert-OH is 6. The van der Waals surface area contributed by atoms with E-state index in [0.29, 0.717) is 0 Å². The Bertz CT molecular complexity index is 672. The molecule has 0 bridgehead atoms. The van der Waals surface area contributed by atoms with Crippen LogP contribution in [-0.4, -0.2) is 105 Å². The smallest absolute Gasteiger partial charge is 0.186 e. The first-order chi connectivity index (χ1) is 14.3. The highest BCUT2D eigenvalue weighted by Gasteiger charge is 2.49. The molecule has 11 nitrogen and oxygen atoms in total. The molecule has 0 unspecified atom stereocenters. The first kappa shape index (κ1) is 23.2. The lowest BCUT2D eigenvalue weighted by molar-refractivity contribution is -0.363. The Hall–Kier alpha value is -1.51. The van der Waals surface area contributed by atoms with Gasteiger partial charge in [0.05, 0.1) is 13.2 Å². The molecule has 1 aromatic rings. The fourth-order valence-corrected chi connectivity index (χ4v) is 3.30. The van der Waals surface area contributed by atoms with Crippen LogP contribution in [0.1, 0.15) is 11.9 Å². The Balaban J connectivity index is 1.56. The number of hydrogen-bond donors (Lipinski definition) is 6. The van der Waals surface area contributed by atoms with Crippen molar-refractivity contribution in [3.05, 3.63) is 35.9 Å². The van der Waals surface area contributed by atoms with Crippen LogP contribution in [0, 0.1) is 0 Å². The van der Waals surface area contributed by atoms with Crippen molar-refractivity contribution < 1.29 is 54.4 Å². The Labute approximate surface area is 172 Å². The highest BCUT2D eigenvalue weighted by atomic mass is 16.8. The number of rotatable bonds is 8. The summed E-state index contributed by atoms with van der Waals surface area (Å²) in [4.78, 5) is 10.5. The first-order valence-corrected chi connectivity index (χ1v) is 9.46. The summed E-state index contributed by atoms with van der Waals surface area (Å²) >= 11 is 0. The molecule has 2 aliphatic heterocycles. The third-order valence-corrected chi connectivity index (χ3v) is 5.07. The quantitative estimate of drug-likeness (QED) is 0.235. The summed E-state index contributed by atoms with van der Waals surface area (Å²) in [6, 6.07) is 9.05. The summed E-state index contributed by atoms with van der Waals surface area (Å²) in [6.07, 6.45) is -14.1. The molecule has 0 radical (unpaired) electrons. The first-order valence-electron chi connectivity index (χ1n) is 9.46. The highest BCUT2D eigenvalue weighted by molar-refractivity contribution is 5.56. The molecule has 168 valence electrons. The van der Waals surface area contributed by atoms with Crippen molar-refractivity contribution >= 4 is 6.29 Å². The average molecular weight is 430 g/mol. The summed E-state index contributed by atoms with van der Waals surface area (Å²) in [5.74, 6) is 0. The van der Waals surface area contributed by atoms with Crippen LogP contribution in [0.3, 0.4) is 0 Å². The second-order valence-electron chi connectivity index (χ2n) is 7.21. The zero-order valence-corrected chi connectivity index (χ0v) is 15.9. The van der Waals surface area contributed by atoms with Crippen molar-refractivity contribution in [3.8, 4) is 0 Å². The molecule has 3 rings (SSSR count). The normalized spacial score (nSPS) is 35.7. The lowest BCUT2D eigenvalue weighted by atomic mass is 9.98. The number of aldehydes is 1. The Morgan fingerprint density at radius 2 is 1.73 bits per heavy atom. The van der Waals surface area contributed by atoms with Crippen molar-refractivity contribution in [2.75, 3.05) is 13.2 Å². The SMILES string of the molecule is O=C[C@H](O)[C@@H](O)[C@H](O)[C@H](O)CO[C@H]1O[C@@H]2CO[C@@H](c3ccccc3)O[C@H]2[C@H](O)[C@H]1O. The minimum atomic E-state index is -1.93. The second-order valence-corrected chi connectivity index (χ2v) is 7.21. The second kappa shape index (κ2) is 10.2. The van der Waals surface area contributed by atoms with E-state index in [1.54, 1.807) is 12.1 Å². The number of aliphatic hydroxyl groups is 6. The predicted octanol–water partition coefficient (Wildman–Crippen LogP) is -2.79. The molecule has 30 heavy (non-hydrogen) atoms. The summed E-state index contributed by atoms with van der Waals surface area (Å²) in [5, 5.41) is 59.2. The topological polar surface area (TPSA) is 175 Å². The van der Waals surface area contributed by atoms with Crippen LogP contribution in [-0.2, 0) is 23.7 Å². The van der Waals surface area contributed by atoms with E-state index in [0.717, 1.165) is 5.56 Å². The summed E-state index contributed by atoms with van der Waals surface area (Å²) in [6.45, 7) is -0.576. The van der Waals surface area contributed by atoms with E-state index in [-0.39, 0.29) is 12.9 Å². The number of fused-ring (bicyclic) bond motifs is 1. The monoisotopic (exact) mass is 430 g/mol. The largest absolute Gasteiger partial charge is 0.388 e. The number of hydrogen-bond acceptors (Lipinski definition) is 11. The van der Waals surface area contributed by atoms with E-state index in [9.17, 15) is 35.4 Å². The van der Waals surface area contributed by atoms with Gasteiger partial charge in [-0.1, -0.05) is 30.3 Å². The molecule has 0 aliphatic carbocycles. The van der Waals surface area contributed by atoms with E-state index in [4.69, 9.17) is 18.9 Å². The molecule has 0 amide bonds. The van der Waals surface area contributed by atoms with Crippen LogP contribution in [0.5, 0.6) is 0 Å². The van der Waals surface area contributed by atoms with E-state index < -0.39 is 68.0 Å². The minimum absolute atomic E-state index is 0.0117. The van der Waals surface area contributed by atoms with Gasteiger partial charge in [0.2, 0.25) is 0 Å². The van der Waals surface area contributed by atoms with Crippen molar-refractivity contribution in [3.63, 3.8) is 0 Å². The summed E-state index contributed by atoms with van der Waals surface area (Å²) < 4.78 is 22.2. The van der Waals surface area contributed by atoms with Gasteiger partial charge in [-0.3, -0.25) is 0 Å². The van der Waals surface area contributed by atoms with Crippen LogP contribution in [0.25, 0.3) is 0 Å². The molecule has 0 aromatic heterocycles.